The van der Waals surface area contributed by atoms with Crippen molar-refractivity contribution in [1.29, 1.82) is 0 Å². The van der Waals surface area contributed by atoms with Crippen LogP contribution in [-0.4, -0.2) is 49.8 Å². The Morgan fingerprint density at radius 2 is 2.10 bits per heavy atom. The van der Waals surface area contributed by atoms with Crippen molar-refractivity contribution < 1.29 is 13.2 Å². The highest BCUT2D eigenvalue weighted by atomic mass is 79.9. The Morgan fingerprint density at radius 1 is 1.28 bits per heavy atom. The van der Waals surface area contributed by atoms with Crippen molar-refractivity contribution in [3.05, 3.63) is 33.9 Å². The minimum atomic E-state index is -4.52. The first-order chi connectivity index (χ1) is 13.9. The van der Waals surface area contributed by atoms with Crippen molar-refractivity contribution in [2.75, 3.05) is 25.5 Å². The maximum absolute atomic E-state index is 13.7. The number of nitrogens with zero attached hydrogens (tertiary/aromatic N) is 1. The van der Waals surface area contributed by atoms with Crippen molar-refractivity contribution >= 4 is 44.4 Å². The van der Waals surface area contributed by atoms with Crippen LogP contribution in [0.1, 0.15) is 18.4 Å². The van der Waals surface area contributed by atoms with E-state index < -0.39 is 18.0 Å². The van der Waals surface area contributed by atoms with E-state index in [0.717, 1.165) is 47.8 Å². The summed E-state index contributed by atoms with van der Waals surface area (Å²) in [5.41, 5.74) is 1.26. The molecular weight excluding hydrogens is 449 g/mol. The molecular formula is C19H22BrF3N6. The van der Waals surface area contributed by atoms with Crippen LogP contribution < -0.4 is 21.3 Å². The van der Waals surface area contributed by atoms with Crippen LogP contribution in [0, 0.1) is 0 Å². The normalized spacial score (nSPS) is 22.8. The lowest BCUT2D eigenvalue weighted by Gasteiger charge is -2.31. The molecule has 1 fully saturated rings. The van der Waals surface area contributed by atoms with E-state index >= 15 is 0 Å². The zero-order chi connectivity index (χ0) is 20.6. The fraction of sp³-hybridized carbons (Fsp3) is 0.421. The predicted molar refractivity (Wildman–Crippen MR) is 113 cm³/mol. The SMILES string of the molecule is CNc1ccc2c(C3=C(C(F)(F)F)C=NC(NC4CCCNC4)N3)c[nH]c2c1Br. The third-order valence-electron chi connectivity index (χ3n) is 5.23. The molecule has 0 spiro atoms. The number of aliphatic imine (C=N–C) groups is 1. The average Bonchev–Trinajstić information content (AvgIpc) is 3.13. The average molecular weight is 471 g/mol. The molecule has 0 amide bonds. The number of halogens is 4. The first-order valence-corrected chi connectivity index (χ1v) is 10.2. The number of piperidine rings is 1. The van der Waals surface area contributed by atoms with Gasteiger partial charge < -0.3 is 20.9 Å². The van der Waals surface area contributed by atoms with Gasteiger partial charge in [-0.15, -0.1) is 0 Å². The van der Waals surface area contributed by atoms with E-state index in [9.17, 15) is 13.2 Å². The lowest BCUT2D eigenvalue weighted by Crippen LogP contribution is -2.52. The number of hydrogen-bond acceptors (Lipinski definition) is 5. The van der Waals surface area contributed by atoms with Crippen molar-refractivity contribution in [2.24, 2.45) is 4.99 Å². The predicted octanol–water partition coefficient (Wildman–Crippen LogP) is 3.54. The molecule has 2 aliphatic heterocycles. The van der Waals surface area contributed by atoms with Gasteiger partial charge in [-0.3, -0.25) is 10.3 Å². The van der Waals surface area contributed by atoms with Gasteiger partial charge in [0.15, 0.2) is 6.29 Å². The summed E-state index contributed by atoms with van der Waals surface area (Å²) in [5, 5.41) is 13.3. The molecule has 1 aromatic carbocycles. The van der Waals surface area contributed by atoms with Gasteiger partial charge in [0, 0.05) is 43.0 Å². The molecule has 156 valence electrons. The Morgan fingerprint density at radius 3 is 2.79 bits per heavy atom. The maximum atomic E-state index is 13.7. The summed E-state index contributed by atoms with van der Waals surface area (Å²) >= 11 is 3.51. The van der Waals surface area contributed by atoms with E-state index in [2.05, 4.69) is 47.2 Å². The number of aromatic amines is 1. The number of fused-ring (bicyclic) bond motifs is 1. The first kappa shape index (κ1) is 20.2. The largest absolute Gasteiger partial charge is 0.419 e. The van der Waals surface area contributed by atoms with Crippen LogP contribution in [0.25, 0.3) is 16.6 Å². The molecule has 29 heavy (non-hydrogen) atoms. The summed E-state index contributed by atoms with van der Waals surface area (Å²) in [6.45, 7) is 1.73. The Hall–Kier alpha value is -2.04. The van der Waals surface area contributed by atoms with Crippen LogP contribution in [-0.2, 0) is 0 Å². The number of aromatic nitrogens is 1. The molecule has 5 N–H and O–H groups in total. The van der Waals surface area contributed by atoms with Crippen LogP contribution in [0.15, 0.2) is 33.4 Å². The number of alkyl halides is 3. The standard InChI is InChI=1S/C19H22BrF3N6/c1-24-14-5-4-11-12(8-26-17(11)15(14)20)16-13(19(21,22)23)9-27-18(29-16)28-10-3-2-6-25-7-10/h4-5,8-10,18,24-26,28-29H,2-3,6-7H2,1H3. The van der Waals surface area contributed by atoms with Crippen LogP contribution in [0.3, 0.4) is 0 Å². The maximum Gasteiger partial charge on any atom is 0.419 e. The van der Waals surface area contributed by atoms with Gasteiger partial charge in [0.25, 0.3) is 0 Å². The molecule has 3 heterocycles. The minimum absolute atomic E-state index is 0.0177. The topological polar surface area (TPSA) is 76.3 Å². The molecule has 2 atom stereocenters. The van der Waals surface area contributed by atoms with Crippen molar-refractivity contribution in [1.82, 2.24) is 20.9 Å². The van der Waals surface area contributed by atoms with Gasteiger partial charge >= 0.3 is 6.18 Å². The Kier molecular flexibility index (Phi) is 5.58. The van der Waals surface area contributed by atoms with Crippen LogP contribution in [0.2, 0.25) is 0 Å². The smallest absolute Gasteiger partial charge is 0.387 e. The molecule has 0 radical (unpaired) electrons. The van der Waals surface area contributed by atoms with E-state index in [0.29, 0.717) is 10.9 Å². The number of H-pyrrole nitrogens is 1. The summed E-state index contributed by atoms with van der Waals surface area (Å²) < 4.78 is 41.9. The Labute approximate surface area is 174 Å². The van der Waals surface area contributed by atoms with Gasteiger partial charge in [0.1, 0.15) is 0 Å². The number of hydrogen-bond donors (Lipinski definition) is 5. The lowest BCUT2D eigenvalue weighted by molar-refractivity contribution is -0.0855. The van der Waals surface area contributed by atoms with Gasteiger partial charge in [-0.1, -0.05) is 6.07 Å². The second-order valence-electron chi connectivity index (χ2n) is 7.12. The van der Waals surface area contributed by atoms with Crippen LogP contribution in [0.4, 0.5) is 18.9 Å². The van der Waals surface area contributed by atoms with Crippen molar-refractivity contribution in [3.8, 4) is 0 Å². The fourth-order valence-corrected chi connectivity index (χ4v) is 4.43. The molecule has 4 rings (SSSR count). The number of allylic oxidation sites excluding steroid dienone is 1. The summed E-state index contributed by atoms with van der Waals surface area (Å²) in [7, 11) is 1.79. The molecule has 0 aliphatic carbocycles. The lowest BCUT2D eigenvalue weighted by atomic mass is 10.0. The highest BCUT2D eigenvalue weighted by Gasteiger charge is 2.39. The summed E-state index contributed by atoms with van der Waals surface area (Å²) in [4.78, 5) is 7.17. The monoisotopic (exact) mass is 470 g/mol. The number of rotatable bonds is 4. The number of anilines is 1. The van der Waals surface area contributed by atoms with Gasteiger partial charge in [0.2, 0.25) is 0 Å². The quantitative estimate of drug-likeness (QED) is 0.473. The zero-order valence-electron chi connectivity index (χ0n) is 15.8. The molecule has 1 aromatic heterocycles. The minimum Gasteiger partial charge on any atom is -0.387 e. The van der Waals surface area contributed by atoms with Gasteiger partial charge in [-0.2, -0.15) is 13.2 Å². The molecule has 6 nitrogen and oxygen atoms in total. The van der Waals surface area contributed by atoms with Gasteiger partial charge in [-0.25, -0.2) is 0 Å². The molecule has 10 heteroatoms. The van der Waals surface area contributed by atoms with Crippen LogP contribution >= 0.6 is 15.9 Å². The fourth-order valence-electron chi connectivity index (χ4n) is 3.77. The summed E-state index contributed by atoms with van der Waals surface area (Å²) in [5.74, 6) is 0. The Balaban J connectivity index is 1.71. The second-order valence-corrected chi connectivity index (χ2v) is 7.92. The number of nitrogens with one attached hydrogen (secondary N) is 5. The molecule has 2 aliphatic rings. The molecule has 1 saturated heterocycles. The van der Waals surface area contributed by atoms with Crippen LogP contribution in [0.5, 0.6) is 0 Å². The third kappa shape index (κ3) is 4.01. The van der Waals surface area contributed by atoms with E-state index in [4.69, 9.17) is 0 Å². The second kappa shape index (κ2) is 8.00. The highest BCUT2D eigenvalue weighted by molar-refractivity contribution is 9.10. The molecule has 2 aromatic rings. The zero-order valence-corrected chi connectivity index (χ0v) is 17.3. The molecule has 0 saturated carbocycles. The van der Waals surface area contributed by atoms with Crippen molar-refractivity contribution in [3.63, 3.8) is 0 Å². The highest BCUT2D eigenvalue weighted by Crippen LogP contribution is 2.38. The van der Waals surface area contributed by atoms with Crippen molar-refractivity contribution in [2.45, 2.75) is 31.3 Å². The number of benzene rings is 1. The summed E-state index contributed by atoms with van der Waals surface area (Å²) in [6.07, 6.45) is -0.634. The van der Waals surface area contributed by atoms with E-state index in [1.165, 1.54) is 0 Å². The van der Waals surface area contributed by atoms with Gasteiger partial charge in [0.05, 0.1) is 26.9 Å². The third-order valence-corrected chi connectivity index (χ3v) is 6.05. The van der Waals surface area contributed by atoms with E-state index in [1.807, 2.05) is 6.07 Å². The van der Waals surface area contributed by atoms with Gasteiger partial charge in [-0.05, 0) is 41.4 Å². The molecule has 2 unspecified atom stereocenters. The summed E-state index contributed by atoms with van der Waals surface area (Å²) in [6, 6.07) is 3.79. The van der Waals surface area contributed by atoms with E-state index in [-0.39, 0.29) is 11.7 Å². The Bertz CT molecular complexity index is 959. The van der Waals surface area contributed by atoms with E-state index in [1.54, 1.807) is 19.3 Å². The molecule has 0 bridgehead atoms. The first-order valence-electron chi connectivity index (χ1n) is 9.44.